The number of aliphatic hydroxyl groups excluding tert-OH is 1. The minimum Gasteiger partial charge on any atom is -0.396 e. The van der Waals surface area contributed by atoms with Gasteiger partial charge in [-0.2, -0.15) is 0 Å². The largest absolute Gasteiger partial charge is 0.396 e. The van der Waals surface area contributed by atoms with Gasteiger partial charge in [0, 0.05) is 13.2 Å². The van der Waals surface area contributed by atoms with Crippen molar-refractivity contribution < 1.29 is 5.11 Å². The van der Waals surface area contributed by atoms with Crippen molar-refractivity contribution in [3.8, 4) is 0 Å². The van der Waals surface area contributed by atoms with E-state index in [1.807, 2.05) is 18.2 Å². The molecule has 0 spiro atoms. The highest BCUT2D eigenvalue weighted by Gasteiger charge is 1.95. The maximum Gasteiger partial charge on any atom is 0.142 e. The van der Waals surface area contributed by atoms with Crippen LogP contribution >= 0.6 is 0 Å². The number of aliphatic hydroxyl groups is 1. The number of hydrogen-bond donors (Lipinski definition) is 4. The Kier molecular flexibility index (Phi) is 6.29. The molecule has 0 aliphatic carbocycles. The molecule has 0 bridgehead atoms. The molecule has 0 aliphatic rings. The van der Waals surface area contributed by atoms with Gasteiger partial charge < -0.3 is 15.8 Å². The summed E-state index contributed by atoms with van der Waals surface area (Å²) in [7, 11) is 0. The first-order valence-corrected chi connectivity index (χ1v) is 5.65. The number of nitrogens with zero attached hydrogens (tertiary/aromatic N) is 1. The first-order chi connectivity index (χ1) is 7.86. The molecule has 0 aromatic carbocycles. The van der Waals surface area contributed by atoms with E-state index in [-0.39, 0.29) is 0 Å². The molecule has 5 nitrogen and oxygen atoms in total. The zero-order valence-corrected chi connectivity index (χ0v) is 9.45. The summed E-state index contributed by atoms with van der Waals surface area (Å²) in [6.07, 6.45) is 4.19. The molecule has 1 aromatic rings. The van der Waals surface area contributed by atoms with Gasteiger partial charge in [0.2, 0.25) is 0 Å². The van der Waals surface area contributed by atoms with E-state index >= 15 is 0 Å². The third-order valence-electron chi connectivity index (χ3n) is 2.29. The van der Waals surface area contributed by atoms with Crippen LogP contribution in [0.25, 0.3) is 0 Å². The van der Waals surface area contributed by atoms with Gasteiger partial charge in [-0.05, 0) is 25.0 Å². The maximum atomic E-state index is 8.61. The fourth-order valence-corrected chi connectivity index (χ4v) is 1.42. The summed E-state index contributed by atoms with van der Waals surface area (Å²) in [6.45, 7) is 1.19. The molecule has 0 saturated carbocycles. The molecule has 1 aromatic heterocycles. The number of nitrogen functional groups attached to an aromatic ring is 1. The van der Waals surface area contributed by atoms with Crippen LogP contribution in [0.1, 0.15) is 25.7 Å². The number of rotatable bonds is 8. The molecule has 5 N–H and O–H groups in total. The second kappa shape index (κ2) is 7.90. The van der Waals surface area contributed by atoms with Crippen LogP contribution in [0.15, 0.2) is 18.2 Å². The molecular weight excluding hydrogens is 204 g/mol. The summed E-state index contributed by atoms with van der Waals surface area (Å²) in [5.41, 5.74) is 2.51. The molecule has 1 rings (SSSR count). The van der Waals surface area contributed by atoms with Crippen molar-refractivity contribution in [3.63, 3.8) is 0 Å². The van der Waals surface area contributed by atoms with Gasteiger partial charge in [0.15, 0.2) is 0 Å². The number of hydrazine groups is 1. The van der Waals surface area contributed by atoms with Gasteiger partial charge in [0.05, 0.1) is 0 Å². The summed E-state index contributed by atoms with van der Waals surface area (Å²) >= 11 is 0. The molecule has 5 heteroatoms. The SMILES string of the molecule is NNc1cccc(NCCCCCCO)n1. The van der Waals surface area contributed by atoms with Crippen LogP contribution < -0.4 is 16.6 Å². The molecule has 16 heavy (non-hydrogen) atoms. The standard InChI is InChI=1S/C11H20N4O/c12-15-11-7-5-6-10(14-11)13-8-3-1-2-4-9-16/h5-7,16H,1-4,8-9,12H2,(H2,13,14,15). The van der Waals surface area contributed by atoms with E-state index in [1.165, 1.54) is 0 Å². The average molecular weight is 224 g/mol. The normalized spacial score (nSPS) is 10.1. The van der Waals surface area contributed by atoms with E-state index in [0.717, 1.165) is 38.0 Å². The Balaban J connectivity index is 2.16. The molecule has 0 saturated heterocycles. The van der Waals surface area contributed by atoms with Gasteiger partial charge in [-0.15, -0.1) is 0 Å². The number of anilines is 2. The Hall–Kier alpha value is -1.33. The van der Waals surface area contributed by atoms with Gasteiger partial charge in [0.1, 0.15) is 11.6 Å². The third kappa shape index (κ3) is 4.95. The van der Waals surface area contributed by atoms with E-state index in [1.54, 1.807) is 0 Å². The summed E-state index contributed by atoms with van der Waals surface area (Å²) in [6, 6.07) is 5.62. The number of aromatic nitrogens is 1. The van der Waals surface area contributed by atoms with Crippen molar-refractivity contribution >= 4 is 11.6 Å². The van der Waals surface area contributed by atoms with Crippen molar-refractivity contribution in [3.05, 3.63) is 18.2 Å². The van der Waals surface area contributed by atoms with E-state index in [4.69, 9.17) is 10.9 Å². The van der Waals surface area contributed by atoms with Gasteiger partial charge in [0.25, 0.3) is 0 Å². The fourth-order valence-electron chi connectivity index (χ4n) is 1.42. The van der Waals surface area contributed by atoms with Gasteiger partial charge in [-0.25, -0.2) is 10.8 Å². The smallest absolute Gasteiger partial charge is 0.142 e. The van der Waals surface area contributed by atoms with Gasteiger partial charge in [-0.3, -0.25) is 0 Å². The van der Waals surface area contributed by atoms with Crippen LogP contribution in [0.4, 0.5) is 11.6 Å². The minimum absolute atomic E-state index is 0.291. The van der Waals surface area contributed by atoms with E-state index in [2.05, 4.69) is 15.7 Å². The number of pyridine rings is 1. The van der Waals surface area contributed by atoms with Crippen LogP contribution in [0.5, 0.6) is 0 Å². The molecule has 0 radical (unpaired) electrons. The zero-order chi connectivity index (χ0) is 11.6. The molecular formula is C11H20N4O. The Morgan fingerprint density at radius 1 is 1.12 bits per heavy atom. The second-order valence-electron chi connectivity index (χ2n) is 3.62. The van der Waals surface area contributed by atoms with Gasteiger partial charge >= 0.3 is 0 Å². The third-order valence-corrected chi connectivity index (χ3v) is 2.29. The first-order valence-electron chi connectivity index (χ1n) is 5.65. The Morgan fingerprint density at radius 2 is 1.88 bits per heavy atom. The predicted octanol–water partition coefficient (Wildman–Crippen LogP) is 1.33. The molecule has 0 amide bonds. The van der Waals surface area contributed by atoms with E-state index in [9.17, 15) is 0 Å². The number of nitrogens with two attached hydrogens (primary N) is 1. The highest BCUT2D eigenvalue weighted by Crippen LogP contribution is 2.08. The molecule has 1 heterocycles. The number of hydrogen-bond acceptors (Lipinski definition) is 5. The van der Waals surface area contributed by atoms with Crippen molar-refractivity contribution in [2.24, 2.45) is 5.84 Å². The summed E-state index contributed by atoms with van der Waals surface area (Å²) in [5, 5.41) is 11.8. The average Bonchev–Trinajstić information content (AvgIpc) is 2.34. The Morgan fingerprint density at radius 3 is 2.62 bits per heavy atom. The van der Waals surface area contributed by atoms with Crippen LogP contribution in [-0.2, 0) is 0 Å². The number of unbranched alkanes of at least 4 members (excludes halogenated alkanes) is 3. The first kappa shape index (κ1) is 12.7. The summed E-state index contributed by atoms with van der Waals surface area (Å²) in [4.78, 5) is 4.24. The molecule has 0 aliphatic heterocycles. The van der Waals surface area contributed by atoms with Crippen molar-refractivity contribution in [2.45, 2.75) is 25.7 Å². The Bertz CT molecular complexity index is 293. The van der Waals surface area contributed by atoms with Crippen LogP contribution in [-0.4, -0.2) is 23.2 Å². The summed E-state index contributed by atoms with van der Waals surface area (Å²) < 4.78 is 0. The lowest BCUT2D eigenvalue weighted by Gasteiger charge is -2.06. The predicted molar refractivity (Wildman–Crippen MR) is 66.1 cm³/mol. The van der Waals surface area contributed by atoms with Gasteiger partial charge in [-0.1, -0.05) is 18.9 Å². The topological polar surface area (TPSA) is 83.2 Å². The molecule has 90 valence electrons. The lowest BCUT2D eigenvalue weighted by molar-refractivity contribution is 0.283. The zero-order valence-electron chi connectivity index (χ0n) is 9.45. The van der Waals surface area contributed by atoms with Crippen molar-refractivity contribution in [2.75, 3.05) is 23.9 Å². The lowest BCUT2D eigenvalue weighted by atomic mass is 10.2. The monoisotopic (exact) mass is 224 g/mol. The molecule has 0 fully saturated rings. The number of nitrogens with one attached hydrogen (secondary N) is 2. The minimum atomic E-state index is 0.291. The van der Waals surface area contributed by atoms with Crippen LogP contribution in [0.3, 0.4) is 0 Å². The van der Waals surface area contributed by atoms with E-state index < -0.39 is 0 Å². The molecule has 0 unspecified atom stereocenters. The van der Waals surface area contributed by atoms with Crippen LogP contribution in [0.2, 0.25) is 0 Å². The maximum absolute atomic E-state index is 8.61. The van der Waals surface area contributed by atoms with Crippen LogP contribution in [0, 0.1) is 0 Å². The summed E-state index contributed by atoms with van der Waals surface area (Å²) in [5.74, 6) is 6.75. The molecule has 0 atom stereocenters. The fraction of sp³-hybridized carbons (Fsp3) is 0.545. The Labute approximate surface area is 96.0 Å². The second-order valence-corrected chi connectivity index (χ2v) is 3.62. The van der Waals surface area contributed by atoms with Crippen molar-refractivity contribution in [1.29, 1.82) is 0 Å². The van der Waals surface area contributed by atoms with Crippen molar-refractivity contribution in [1.82, 2.24) is 4.98 Å². The quantitative estimate of drug-likeness (QED) is 0.304. The highest BCUT2D eigenvalue weighted by atomic mass is 16.2. The van der Waals surface area contributed by atoms with E-state index in [0.29, 0.717) is 12.4 Å². The lowest BCUT2D eigenvalue weighted by Crippen LogP contribution is -2.10. The highest BCUT2D eigenvalue weighted by molar-refractivity contribution is 5.44.